The molecule has 1 aromatic rings. The number of hydrogen-bond donors (Lipinski definition) is 0. The van der Waals surface area contributed by atoms with E-state index < -0.39 is 5.97 Å². The number of nitrogens with zero attached hydrogens (tertiary/aromatic N) is 1. The van der Waals surface area contributed by atoms with Gasteiger partial charge in [-0.15, -0.1) is 0 Å². The molecule has 0 aromatic heterocycles. The Bertz CT molecular complexity index is 604. The Kier molecular flexibility index (Phi) is 11.6. The third-order valence-electron chi connectivity index (χ3n) is 4.27. The maximum Gasteiger partial charge on any atom is 0.311 e. The normalized spacial score (nSPS) is 11.4. The summed E-state index contributed by atoms with van der Waals surface area (Å²) < 4.78 is 10.6. The lowest BCUT2D eigenvalue weighted by Crippen LogP contribution is -2.15. The molecule has 0 aliphatic heterocycles. The molecule has 1 unspecified atom stereocenters. The Morgan fingerprint density at radius 3 is 2.26 bits per heavy atom. The van der Waals surface area contributed by atoms with Gasteiger partial charge in [-0.05, 0) is 50.5 Å². The van der Waals surface area contributed by atoms with Crippen LogP contribution in [0.4, 0.5) is 0 Å². The third-order valence-corrected chi connectivity index (χ3v) is 4.27. The quantitative estimate of drug-likeness (QED) is 0.266. The molecule has 0 heterocycles. The molecule has 0 amide bonds. The molecular weight excluding hydrogens is 342 g/mol. The fraction of sp³-hybridized carbons (Fsp3) is 0.591. The predicted molar refractivity (Wildman–Crippen MR) is 104 cm³/mol. The van der Waals surface area contributed by atoms with E-state index >= 15 is 0 Å². The van der Waals surface area contributed by atoms with E-state index in [2.05, 4.69) is 6.92 Å². The van der Waals surface area contributed by atoms with Gasteiger partial charge in [0, 0.05) is 12.8 Å². The van der Waals surface area contributed by atoms with E-state index in [1.165, 1.54) is 32.1 Å². The van der Waals surface area contributed by atoms with E-state index in [1.54, 1.807) is 24.3 Å². The highest BCUT2D eigenvalue weighted by atomic mass is 16.5. The van der Waals surface area contributed by atoms with Gasteiger partial charge in [0.15, 0.2) is 0 Å². The molecule has 0 bridgehead atoms. The number of hydrogen-bond acceptors (Lipinski definition) is 5. The van der Waals surface area contributed by atoms with Crippen molar-refractivity contribution < 1.29 is 19.1 Å². The number of ether oxygens (including phenoxy) is 2. The molecule has 1 rings (SSSR count). The monoisotopic (exact) mass is 373 g/mol. The van der Waals surface area contributed by atoms with E-state index in [1.807, 2.05) is 13.0 Å². The summed E-state index contributed by atoms with van der Waals surface area (Å²) in [6.45, 7) is 4.12. The fourth-order valence-corrected chi connectivity index (χ4v) is 2.71. The first-order valence-electron chi connectivity index (χ1n) is 9.95. The molecule has 0 saturated heterocycles. The average molecular weight is 373 g/mol. The van der Waals surface area contributed by atoms with E-state index in [0.29, 0.717) is 17.7 Å². The van der Waals surface area contributed by atoms with Gasteiger partial charge in [0.1, 0.15) is 5.75 Å². The lowest BCUT2D eigenvalue weighted by atomic mass is 10.1. The van der Waals surface area contributed by atoms with Crippen LogP contribution < -0.4 is 4.74 Å². The molecule has 1 atom stereocenters. The largest absolute Gasteiger partial charge is 0.463 e. The summed E-state index contributed by atoms with van der Waals surface area (Å²) >= 11 is 0. The topological polar surface area (TPSA) is 76.4 Å². The van der Waals surface area contributed by atoms with Crippen LogP contribution >= 0.6 is 0 Å². The number of nitriles is 1. The zero-order valence-corrected chi connectivity index (χ0v) is 16.5. The molecule has 0 saturated carbocycles. The van der Waals surface area contributed by atoms with Crippen molar-refractivity contribution in [2.45, 2.75) is 84.2 Å². The van der Waals surface area contributed by atoms with Crippen molar-refractivity contribution in [2.75, 3.05) is 0 Å². The van der Waals surface area contributed by atoms with Crippen LogP contribution in [0.25, 0.3) is 0 Å². The standard InChI is InChI=1S/C22H31NO4/c1-3-4-5-6-7-8-10-18(2)26-21(24)11-9-12-22(25)27-20-15-13-19(17-23)14-16-20/h13-16,18H,3-12H2,1-2H3. The molecule has 1 aromatic carbocycles. The predicted octanol–water partition coefficient (Wildman–Crippen LogP) is 5.32. The average Bonchev–Trinajstić information content (AvgIpc) is 2.65. The molecule has 0 N–H and O–H groups in total. The van der Waals surface area contributed by atoms with Crippen molar-refractivity contribution in [2.24, 2.45) is 0 Å². The summed E-state index contributed by atoms with van der Waals surface area (Å²) in [5.74, 6) is -0.263. The third kappa shape index (κ3) is 11.1. The number of esters is 2. The van der Waals surface area contributed by atoms with Crippen molar-refractivity contribution in [1.29, 1.82) is 5.26 Å². The van der Waals surface area contributed by atoms with Gasteiger partial charge in [0.05, 0.1) is 17.7 Å². The zero-order valence-electron chi connectivity index (χ0n) is 16.5. The molecule has 0 aliphatic rings. The van der Waals surface area contributed by atoms with Crippen molar-refractivity contribution in [3.05, 3.63) is 29.8 Å². The van der Waals surface area contributed by atoms with Gasteiger partial charge in [-0.2, -0.15) is 5.26 Å². The SMILES string of the molecule is CCCCCCCCC(C)OC(=O)CCCC(=O)Oc1ccc(C#N)cc1. The van der Waals surface area contributed by atoms with Crippen LogP contribution in [0, 0.1) is 11.3 Å². The molecular formula is C22H31NO4. The van der Waals surface area contributed by atoms with Crippen LogP contribution in [-0.4, -0.2) is 18.0 Å². The van der Waals surface area contributed by atoms with Gasteiger partial charge in [-0.25, -0.2) is 0 Å². The highest BCUT2D eigenvalue weighted by Crippen LogP contribution is 2.14. The molecule has 27 heavy (non-hydrogen) atoms. The minimum Gasteiger partial charge on any atom is -0.463 e. The summed E-state index contributed by atoms with van der Waals surface area (Å²) in [5, 5.41) is 8.73. The number of rotatable bonds is 13. The molecule has 0 radical (unpaired) electrons. The van der Waals surface area contributed by atoms with Crippen LogP contribution in [0.3, 0.4) is 0 Å². The van der Waals surface area contributed by atoms with Gasteiger partial charge in [-0.3, -0.25) is 9.59 Å². The van der Waals surface area contributed by atoms with Crippen LogP contribution in [0.5, 0.6) is 5.75 Å². The first-order valence-corrected chi connectivity index (χ1v) is 9.95. The van der Waals surface area contributed by atoms with Gasteiger partial charge >= 0.3 is 11.9 Å². The Balaban J connectivity index is 2.11. The van der Waals surface area contributed by atoms with Gasteiger partial charge in [-0.1, -0.05) is 39.0 Å². The second-order valence-corrected chi connectivity index (χ2v) is 6.82. The summed E-state index contributed by atoms with van der Waals surface area (Å²) in [4.78, 5) is 23.6. The molecule has 0 spiro atoms. The van der Waals surface area contributed by atoms with Gasteiger partial charge < -0.3 is 9.47 Å². The molecule has 148 valence electrons. The van der Waals surface area contributed by atoms with Crippen LogP contribution in [0.15, 0.2) is 24.3 Å². The Hall–Kier alpha value is -2.35. The maximum absolute atomic E-state index is 11.8. The highest BCUT2D eigenvalue weighted by Gasteiger charge is 2.11. The summed E-state index contributed by atoms with van der Waals surface area (Å²) in [7, 11) is 0. The molecule has 0 fully saturated rings. The summed E-state index contributed by atoms with van der Waals surface area (Å²) in [6.07, 6.45) is 8.90. The van der Waals surface area contributed by atoms with Gasteiger partial charge in [0.25, 0.3) is 0 Å². The summed E-state index contributed by atoms with van der Waals surface area (Å²) in [5.41, 5.74) is 0.507. The molecule has 5 heteroatoms. The lowest BCUT2D eigenvalue weighted by Gasteiger charge is -2.13. The van der Waals surface area contributed by atoms with Gasteiger partial charge in [0.2, 0.25) is 0 Å². The van der Waals surface area contributed by atoms with E-state index in [-0.39, 0.29) is 24.9 Å². The Morgan fingerprint density at radius 2 is 1.59 bits per heavy atom. The van der Waals surface area contributed by atoms with Crippen molar-refractivity contribution in [3.63, 3.8) is 0 Å². The molecule has 5 nitrogen and oxygen atoms in total. The molecule has 0 aliphatic carbocycles. The van der Waals surface area contributed by atoms with E-state index in [9.17, 15) is 9.59 Å². The second-order valence-electron chi connectivity index (χ2n) is 6.82. The maximum atomic E-state index is 11.8. The summed E-state index contributed by atoms with van der Waals surface area (Å²) in [6, 6.07) is 8.33. The number of carbonyl (C=O) groups is 2. The first-order chi connectivity index (χ1) is 13.0. The highest BCUT2D eigenvalue weighted by molar-refractivity contribution is 5.74. The van der Waals surface area contributed by atoms with Crippen LogP contribution in [-0.2, 0) is 14.3 Å². The smallest absolute Gasteiger partial charge is 0.311 e. The van der Waals surface area contributed by atoms with Crippen molar-refractivity contribution in [3.8, 4) is 11.8 Å². The minimum absolute atomic E-state index is 0.0747. The second kappa shape index (κ2) is 13.8. The Labute approximate surface area is 162 Å². The minimum atomic E-state index is -0.396. The van der Waals surface area contributed by atoms with Crippen LogP contribution in [0.2, 0.25) is 0 Å². The lowest BCUT2D eigenvalue weighted by molar-refractivity contribution is -0.148. The fourth-order valence-electron chi connectivity index (χ4n) is 2.71. The van der Waals surface area contributed by atoms with E-state index in [0.717, 1.165) is 12.8 Å². The first kappa shape index (κ1) is 22.7. The number of unbranched alkanes of at least 4 members (excludes halogenated alkanes) is 5. The Morgan fingerprint density at radius 1 is 0.963 bits per heavy atom. The van der Waals surface area contributed by atoms with Crippen molar-refractivity contribution >= 4 is 11.9 Å². The zero-order chi connectivity index (χ0) is 19.9. The number of carbonyl (C=O) groups excluding carboxylic acids is 2. The van der Waals surface area contributed by atoms with Crippen LogP contribution in [0.1, 0.15) is 83.6 Å². The number of benzene rings is 1. The van der Waals surface area contributed by atoms with E-state index in [4.69, 9.17) is 14.7 Å². The van der Waals surface area contributed by atoms with Crippen molar-refractivity contribution in [1.82, 2.24) is 0 Å².